The molecule has 1 aromatic rings. The molecule has 1 aliphatic rings. The number of amides is 1. The van der Waals surface area contributed by atoms with E-state index < -0.39 is 0 Å². The highest BCUT2D eigenvalue weighted by Gasteiger charge is 2.22. The van der Waals surface area contributed by atoms with Gasteiger partial charge in [0.2, 0.25) is 0 Å². The standard InChI is InChI=1S/C16H25N3O2/c1-12-6-7-19(11-13(12)2)8-9-21-15-5-3-4-14(10-15)16(20)18-17/h3-5,10,12-13H,6-9,11,17H2,1-2H3,(H,18,20). The van der Waals surface area contributed by atoms with Crippen molar-refractivity contribution in [1.82, 2.24) is 10.3 Å². The highest BCUT2D eigenvalue weighted by Crippen LogP contribution is 2.22. The molecule has 1 amide bonds. The van der Waals surface area contributed by atoms with Crippen molar-refractivity contribution in [2.75, 3.05) is 26.2 Å². The molecule has 0 bridgehead atoms. The summed E-state index contributed by atoms with van der Waals surface area (Å²) < 4.78 is 5.74. The summed E-state index contributed by atoms with van der Waals surface area (Å²) in [5.41, 5.74) is 2.63. The van der Waals surface area contributed by atoms with Gasteiger partial charge in [0, 0.05) is 18.7 Å². The Kier molecular flexibility index (Phi) is 5.59. The summed E-state index contributed by atoms with van der Waals surface area (Å²) >= 11 is 0. The second kappa shape index (κ2) is 7.43. The average molecular weight is 291 g/mol. The fourth-order valence-corrected chi connectivity index (χ4v) is 2.66. The number of piperidine rings is 1. The lowest BCUT2D eigenvalue weighted by Gasteiger charge is -2.35. The molecule has 5 nitrogen and oxygen atoms in total. The summed E-state index contributed by atoms with van der Waals surface area (Å²) in [5.74, 6) is 7.09. The predicted molar refractivity (Wildman–Crippen MR) is 83.0 cm³/mol. The van der Waals surface area contributed by atoms with E-state index in [0.29, 0.717) is 17.9 Å². The third kappa shape index (κ3) is 4.44. The van der Waals surface area contributed by atoms with Crippen LogP contribution < -0.4 is 16.0 Å². The number of hydrogen-bond acceptors (Lipinski definition) is 4. The second-order valence-electron chi connectivity index (χ2n) is 5.89. The molecule has 1 saturated heterocycles. The largest absolute Gasteiger partial charge is 0.492 e. The van der Waals surface area contributed by atoms with Crippen LogP contribution in [0.3, 0.4) is 0 Å². The summed E-state index contributed by atoms with van der Waals surface area (Å²) in [4.78, 5) is 13.9. The van der Waals surface area contributed by atoms with Crippen LogP contribution in [0.25, 0.3) is 0 Å². The van der Waals surface area contributed by atoms with E-state index in [0.717, 1.165) is 31.5 Å². The number of nitrogens with two attached hydrogens (primary N) is 1. The van der Waals surface area contributed by atoms with Gasteiger partial charge in [-0.25, -0.2) is 5.84 Å². The Labute approximate surface area is 126 Å². The van der Waals surface area contributed by atoms with Crippen LogP contribution in [0.4, 0.5) is 0 Å². The summed E-state index contributed by atoms with van der Waals surface area (Å²) in [6.07, 6.45) is 1.26. The molecule has 21 heavy (non-hydrogen) atoms. The van der Waals surface area contributed by atoms with Gasteiger partial charge in [-0.2, -0.15) is 0 Å². The van der Waals surface area contributed by atoms with Crippen molar-refractivity contribution in [2.45, 2.75) is 20.3 Å². The Morgan fingerprint density at radius 3 is 2.95 bits per heavy atom. The number of carbonyl (C=O) groups is 1. The minimum atomic E-state index is -0.306. The molecule has 0 saturated carbocycles. The maximum Gasteiger partial charge on any atom is 0.265 e. The molecule has 2 unspecified atom stereocenters. The maximum atomic E-state index is 11.5. The summed E-state index contributed by atoms with van der Waals surface area (Å²) in [6, 6.07) is 7.07. The lowest BCUT2D eigenvalue weighted by atomic mass is 9.89. The van der Waals surface area contributed by atoms with E-state index in [-0.39, 0.29) is 5.91 Å². The predicted octanol–water partition coefficient (Wildman–Crippen LogP) is 1.65. The number of likely N-dealkylation sites (tertiary alicyclic amines) is 1. The van der Waals surface area contributed by atoms with E-state index in [1.54, 1.807) is 18.2 Å². The number of nitrogen functional groups attached to an aromatic ring is 1. The summed E-state index contributed by atoms with van der Waals surface area (Å²) in [7, 11) is 0. The first-order chi connectivity index (χ1) is 10.1. The Morgan fingerprint density at radius 1 is 1.43 bits per heavy atom. The molecule has 1 aliphatic heterocycles. The van der Waals surface area contributed by atoms with Crippen molar-refractivity contribution >= 4 is 5.91 Å². The SMILES string of the molecule is CC1CCN(CCOc2cccc(C(=O)NN)c2)CC1C. The van der Waals surface area contributed by atoms with Gasteiger partial charge in [-0.15, -0.1) is 0 Å². The van der Waals surface area contributed by atoms with Crippen LogP contribution in [0.15, 0.2) is 24.3 Å². The number of hydrazine groups is 1. The molecule has 1 fully saturated rings. The third-order valence-corrected chi connectivity index (χ3v) is 4.32. The maximum absolute atomic E-state index is 11.5. The van der Waals surface area contributed by atoms with Crippen LogP contribution in [0, 0.1) is 11.8 Å². The second-order valence-corrected chi connectivity index (χ2v) is 5.89. The van der Waals surface area contributed by atoms with E-state index in [4.69, 9.17) is 10.6 Å². The van der Waals surface area contributed by atoms with Gasteiger partial charge in [-0.05, 0) is 43.0 Å². The Balaban J connectivity index is 1.80. The molecular weight excluding hydrogens is 266 g/mol. The lowest BCUT2D eigenvalue weighted by molar-refractivity contribution is 0.0952. The number of nitrogens with one attached hydrogen (secondary N) is 1. The normalized spacial score (nSPS) is 22.8. The van der Waals surface area contributed by atoms with Gasteiger partial charge in [0.05, 0.1) is 0 Å². The minimum Gasteiger partial charge on any atom is -0.492 e. The molecule has 0 aliphatic carbocycles. The van der Waals surface area contributed by atoms with Crippen molar-refractivity contribution in [3.05, 3.63) is 29.8 Å². The van der Waals surface area contributed by atoms with E-state index >= 15 is 0 Å². The first-order valence-corrected chi connectivity index (χ1v) is 7.56. The minimum absolute atomic E-state index is 0.306. The van der Waals surface area contributed by atoms with Crippen LogP contribution in [0.5, 0.6) is 5.75 Å². The van der Waals surface area contributed by atoms with Gasteiger partial charge >= 0.3 is 0 Å². The molecule has 2 rings (SSSR count). The van der Waals surface area contributed by atoms with Crippen LogP contribution in [0.1, 0.15) is 30.6 Å². The molecule has 3 N–H and O–H groups in total. The molecular formula is C16H25N3O2. The van der Waals surface area contributed by atoms with Crippen molar-refractivity contribution in [3.8, 4) is 5.75 Å². The number of carbonyl (C=O) groups excluding carboxylic acids is 1. The number of hydrogen-bond donors (Lipinski definition) is 2. The van der Waals surface area contributed by atoms with Crippen molar-refractivity contribution < 1.29 is 9.53 Å². The zero-order chi connectivity index (χ0) is 15.2. The van der Waals surface area contributed by atoms with Crippen LogP contribution in [0.2, 0.25) is 0 Å². The third-order valence-electron chi connectivity index (χ3n) is 4.32. The molecule has 5 heteroatoms. The number of nitrogens with zero attached hydrogens (tertiary/aromatic N) is 1. The van der Waals surface area contributed by atoms with Crippen molar-refractivity contribution in [1.29, 1.82) is 0 Å². The molecule has 1 heterocycles. The number of ether oxygens (including phenoxy) is 1. The van der Waals surface area contributed by atoms with E-state index in [1.165, 1.54) is 6.42 Å². The fourth-order valence-electron chi connectivity index (χ4n) is 2.66. The van der Waals surface area contributed by atoms with E-state index in [1.807, 2.05) is 6.07 Å². The zero-order valence-electron chi connectivity index (χ0n) is 12.8. The van der Waals surface area contributed by atoms with Gasteiger partial charge in [-0.3, -0.25) is 15.1 Å². The van der Waals surface area contributed by atoms with E-state index in [2.05, 4.69) is 24.2 Å². The summed E-state index contributed by atoms with van der Waals surface area (Å²) in [6.45, 7) is 8.48. The van der Waals surface area contributed by atoms with Gasteiger partial charge in [-0.1, -0.05) is 19.9 Å². The smallest absolute Gasteiger partial charge is 0.265 e. The van der Waals surface area contributed by atoms with Crippen LogP contribution in [-0.2, 0) is 0 Å². The van der Waals surface area contributed by atoms with Crippen molar-refractivity contribution in [2.24, 2.45) is 17.7 Å². The highest BCUT2D eigenvalue weighted by atomic mass is 16.5. The monoisotopic (exact) mass is 291 g/mol. The highest BCUT2D eigenvalue weighted by molar-refractivity contribution is 5.94. The molecule has 0 aromatic heterocycles. The topological polar surface area (TPSA) is 67.6 Å². The van der Waals surface area contributed by atoms with Crippen molar-refractivity contribution in [3.63, 3.8) is 0 Å². The fraction of sp³-hybridized carbons (Fsp3) is 0.562. The first-order valence-electron chi connectivity index (χ1n) is 7.56. The Hall–Kier alpha value is -1.59. The quantitative estimate of drug-likeness (QED) is 0.492. The zero-order valence-corrected chi connectivity index (χ0v) is 12.8. The van der Waals surface area contributed by atoms with E-state index in [9.17, 15) is 4.79 Å². The first kappa shape index (κ1) is 15.8. The lowest BCUT2D eigenvalue weighted by Crippen LogP contribution is -2.40. The molecule has 0 spiro atoms. The Morgan fingerprint density at radius 2 is 2.24 bits per heavy atom. The molecule has 1 aromatic carbocycles. The van der Waals surface area contributed by atoms with Gasteiger partial charge in [0.25, 0.3) is 5.91 Å². The average Bonchev–Trinajstić information content (AvgIpc) is 2.50. The van der Waals surface area contributed by atoms with Gasteiger partial charge in [0.15, 0.2) is 0 Å². The van der Waals surface area contributed by atoms with Crippen LogP contribution in [-0.4, -0.2) is 37.0 Å². The Bertz CT molecular complexity index is 478. The van der Waals surface area contributed by atoms with Crippen LogP contribution >= 0.6 is 0 Å². The number of benzene rings is 1. The molecule has 2 atom stereocenters. The number of rotatable bonds is 5. The van der Waals surface area contributed by atoms with Gasteiger partial charge in [0.1, 0.15) is 12.4 Å². The summed E-state index contributed by atoms with van der Waals surface area (Å²) in [5, 5.41) is 0. The molecule has 0 radical (unpaired) electrons. The molecule has 116 valence electrons. The van der Waals surface area contributed by atoms with Gasteiger partial charge < -0.3 is 4.74 Å².